The standard InChI is InChI=1S/C45H36N4O2S/c1-3-46-43(50)42(44(51)47(4-2)45(46)52)41-37-27-25-35(48(31-17-9-5-10-18-31)32-19-11-6-12-20-32)29-39(37)40-30-36(26-28-38(40)41)49(33-21-13-7-14-22-33)34-23-15-8-16-24-34/h5-30H,3-4H2,1-2H3. The molecule has 0 aromatic heterocycles. The molecule has 0 radical (unpaired) electrons. The molecule has 8 rings (SSSR count). The molecule has 0 atom stereocenters. The second-order valence-electron chi connectivity index (χ2n) is 12.6. The Morgan fingerprint density at radius 1 is 0.423 bits per heavy atom. The summed E-state index contributed by atoms with van der Waals surface area (Å²) in [5.41, 5.74) is 10.3. The molecule has 254 valence electrons. The molecular weight excluding hydrogens is 661 g/mol. The highest BCUT2D eigenvalue weighted by Crippen LogP contribution is 2.51. The highest BCUT2D eigenvalue weighted by molar-refractivity contribution is 7.80. The minimum absolute atomic E-state index is 0.142. The lowest BCUT2D eigenvalue weighted by molar-refractivity contribution is -0.133. The molecule has 1 heterocycles. The average molecular weight is 697 g/mol. The predicted octanol–water partition coefficient (Wildman–Crippen LogP) is 10.4. The number of benzene rings is 6. The van der Waals surface area contributed by atoms with Crippen LogP contribution in [0.25, 0.3) is 16.7 Å². The number of thiocarbonyl (C=S) groups is 1. The quantitative estimate of drug-likeness (QED) is 0.0899. The molecule has 1 fully saturated rings. The molecule has 1 saturated heterocycles. The predicted molar refractivity (Wildman–Crippen MR) is 215 cm³/mol. The summed E-state index contributed by atoms with van der Waals surface area (Å²) in [6.07, 6.45) is 0. The van der Waals surface area contributed by atoms with Gasteiger partial charge >= 0.3 is 0 Å². The van der Waals surface area contributed by atoms with Gasteiger partial charge in [0.05, 0.1) is 0 Å². The molecule has 0 bridgehead atoms. The van der Waals surface area contributed by atoms with Crippen molar-refractivity contribution in [3.8, 4) is 11.1 Å². The second-order valence-corrected chi connectivity index (χ2v) is 13.0. The lowest BCUT2D eigenvalue weighted by Gasteiger charge is -2.36. The Labute approximate surface area is 309 Å². The Morgan fingerprint density at radius 3 is 1.06 bits per heavy atom. The van der Waals surface area contributed by atoms with E-state index in [0.717, 1.165) is 56.4 Å². The van der Waals surface area contributed by atoms with Crippen molar-refractivity contribution in [2.24, 2.45) is 0 Å². The van der Waals surface area contributed by atoms with Crippen LogP contribution in [0.4, 0.5) is 34.1 Å². The molecule has 52 heavy (non-hydrogen) atoms. The first-order chi connectivity index (χ1) is 25.5. The number of hydrogen-bond donors (Lipinski definition) is 0. The lowest BCUT2D eigenvalue weighted by atomic mass is 9.94. The highest BCUT2D eigenvalue weighted by Gasteiger charge is 2.42. The summed E-state index contributed by atoms with van der Waals surface area (Å²) in [4.78, 5) is 36.0. The van der Waals surface area contributed by atoms with Crippen LogP contribution in [-0.2, 0) is 9.59 Å². The van der Waals surface area contributed by atoms with Gasteiger partial charge in [-0.3, -0.25) is 19.4 Å². The van der Waals surface area contributed by atoms with E-state index in [1.54, 1.807) is 0 Å². The lowest BCUT2D eigenvalue weighted by Crippen LogP contribution is -2.56. The van der Waals surface area contributed by atoms with Gasteiger partial charge in [-0.25, -0.2) is 0 Å². The number of likely N-dealkylation sites (N-methyl/N-ethyl adjacent to an activating group) is 2. The van der Waals surface area contributed by atoms with Crippen molar-refractivity contribution in [2.75, 3.05) is 22.9 Å². The second kappa shape index (κ2) is 13.8. The fraction of sp³-hybridized carbons (Fsp3) is 0.0889. The number of fused-ring (bicyclic) bond motifs is 3. The highest BCUT2D eigenvalue weighted by atomic mass is 32.1. The van der Waals surface area contributed by atoms with Crippen LogP contribution in [0.1, 0.15) is 25.0 Å². The smallest absolute Gasteiger partial charge is 0.266 e. The van der Waals surface area contributed by atoms with E-state index in [2.05, 4.69) is 94.7 Å². The largest absolute Gasteiger partial charge is 0.310 e. The molecule has 7 heteroatoms. The maximum absolute atomic E-state index is 14.3. The van der Waals surface area contributed by atoms with E-state index >= 15 is 0 Å². The first-order valence-electron chi connectivity index (χ1n) is 17.5. The van der Waals surface area contributed by atoms with Crippen LogP contribution in [-0.4, -0.2) is 39.8 Å². The summed E-state index contributed by atoms with van der Waals surface area (Å²) in [7, 11) is 0. The van der Waals surface area contributed by atoms with Crippen LogP contribution in [0, 0.1) is 0 Å². The molecule has 0 spiro atoms. The molecule has 6 aromatic carbocycles. The minimum Gasteiger partial charge on any atom is -0.310 e. The van der Waals surface area contributed by atoms with Crippen LogP contribution < -0.4 is 9.80 Å². The topological polar surface area (TPSA) is 47.1 Å². The number of carbonyl (C=O) groups excluding carboxylic acids is 2. The van der Waals surface area contributed by atoms with Crippen molar-refractivity contribution < 1.29 is 9.59 Å². The molecular formula is C45H36N4O2S. The number of carbonyl (C=O) groups is 2. The van der Waals surface area contributed by atoms with E-state index < -0.39 is 0 Å². The van der Waals surface area contributed by atoms with E-state index in [0.29, 0.717) is 18.7 Å². The van der Waals surface area contributed by atoms with Crippen molar-refractivity contribution in [2.45, 2.75) is 13.8 Å². The Kier molecular flexibility index (Phi) is 8.71. The monoisotopic (exact) mass is 696 g/mol. The third kappa shape index (κ3) is 5.56. The fourth-order valence-electron chi connectivity index (χ4n) is 7.29. The van der Waals surface area contributed by atoms with Crippen molar-refractivity contribution in [3.63, 3.8) is 0 Å². The van der Waals surface area contributed by atoms with Crippen molar-refractivity contribution in [3.05, 3.63) is 174 Å². The number of anilines is 6. The van der Waals surface area contributed by atoms with Gasteiger partial charge in [-0.2, -0.15) is 0 Å². The van der Waals surface area contributed by atoms with Crippen LogP contribution in [0.2, 0.25) is 0 Å². The molecule has 0 unspecified atom stereocenters. The van der Waals surface area contributed by atoms with E-state index in [1.165, 1.54) is 9.80 Å². The van der Waals surface area contributed by atoms with Gasteiger partial charge in [-0.15, -0.1) is 0 Å². The Morgan fingerprint density at radius 2 is 0.750 bits per heavy atom. The summed E-state index contributed by atoms with van der Waals surface area (Å²) < 4.78 is 0. The summed E-state index contributed by atoms with van der Waals surface area (Å²) in [5.74, 6) is -0.732. The van der Waals surface area contributed by atoms with Gasteiger partial charge in [0, 0.05) is 52.8 Å². The Bertz CT molecular complexity index is 2100. The Balaban J connectivity index is 1.39. The molecule has 0 N–H and O–H groups in total. The van der Waals surface area contributed by atoms with Crippen molar-refractivity contribution in [1.29, 1.82) is 0 Å². The molecule has 2 aliphatic rings. The molecule has 0 saturated carbocycles. The Hall–Kier alpha value is -6.31. The summed E-state index contributed by atoms with van der Waals surface area (Å²) in [6, 6.07) is 53.7. The number of para-hydroxylation sites is 4. The number of nitrogens with zero attached hydrogens (tertiary/aromatic N) is 4. The van der Waals surface area contributed by atoms with E-state index in [4.69, 9.17) is 12.2 Å². The molecule has 6 nitrogen and oxygen atoms in total. The number of amides is 2. The zero-order valence-corrected chi connectivity index (χ0v) is 29.8. The minimum atomic E-state index is -0.366. The SMILES string of the molecule is CCN1C(=O)C(=C2c3ccc(N(c4ccccc4)c4ccccc4)cc3-c3cc(N(c4ccccc4)c4ccccc4)ccc32)C(=O)N(CC)C1=S. The summed E-state index contributed by atoms with van der Waals surface area (Å²) in [6.45, 7) is 4.49. The van der Waals surface area contributed by atoms with Crippen LogP contribution >= 0.6 is 12.2 Å². The third-order valence-corrected chi connectivity index (χ3v) is 10.1. The first-order valence-corrected chi connectivity index (χ1v) is 17.9. The van der Waals surface area contributed by atoms with Crippen molar-refractivity contribution >= 4 is 68.8 Å². The fourth-order valence-corrected chi connectivity index (χ4v) is 7.72. The van der Waals surface area contributed by atoms with E-state index in [9.17, 15) is 9.59 Å². The average Bonchev–Trinajstić information content (AvgIpc) is 3.50. The van der Waals surface area contributed by atoms with Crippen LogP contribution in [0.3, 0.4) is 0 Å². The maximum Gasteiger partial charge on any atom is 0.266 e. The molecule has 1 aliphatic carbocycles. The molecule has 6 aromatic rings. The van der Waals surface area contributed by atoms with Gasteiger partial charge in [-0.1, -0.05) is 84.9 Å². The van der Waals surface area contributed by atoms with Crippen LogP contribution in [0.5, 0.6) is 0 Å². The van der Waals surface area contributed by atoms with Gasteiger partial charge in [0.1, 0.15) is 5.57 Å². The van der Waals surface area contributed by atoms with E-state index in [-0.39, 0.29) is 22.5 Å². The zero-order chi connectivity index (χ0) is 35.8. The third-order valence-electron chi connectivity index (χ3n) is 9.67. The first kappa shape index (κ1) is 32.9. The number of hydrogen-bond acceptors (Lipinski definition) is 5. The van der Waals surface area contributed by atoms with E-state index in [1.807, 2.05) is 86.6 Å². The summed E-state index contributed by atoms with van der Waals surface area (Å²) >= 11 is 5.64. The van der Waals surface area contributed by atoms with Gasteiger partial charge < -0.3 is 9.80 Å². The maximum atomic E-state index is 14.3. The molecule has 2 amide bonds. The number of rotatable bonds is 8. The summed E-state index contributed by atoms with van der Waals surface area (Å²) in [5, 5.41) is 0.246. The van der Waals surface area contributed by atoms with Gasteiger partial charge in [0.2, 0.25) is 0 Å². The normalized spacial score (nSPS) is 13.7. The molecule has 1 aliphatic heterocycles. The van der Waals surface area contributed by atoms with Crippen molar-refractivity contribution in [1.82, 2.24) is 9.80 Å². The van der Waals surface area contributed by atoms with Gasteiger partial charge in [-0.05, 0) is 121 Å². The van der Waals surface area contributed by atoms with Gasteiger partial charge in [0.25, 0.3) is 11.8 Å². The van der Waals surface area contributed by atoms with Crippen LogP contribution in [0.15, 0.2) is 163 Å². The zero-order valence-electron chi connectivity index (χ0n) is 28.9. The van der Waals surface area contributed by atoms with Gasteiger partial charge in [0.15, 0.2) is 5.11 Å².